The Bertz CT molecular complexity index is 417. The van der Waals surface area contributed by atoms with Crippen LogP contribution in [0.1, 0.15) is 69.6 Å². The van der Waals surface area contributed by atoms with Crippen molar-refractivity contribution in [3.05, 3.63) is 11.7 Å². The molecular weight excluding hydrogens is 226 g/mol. The Kier molecular flexibility index (Phi) is 3.14. The highest BCUT2D eigenvalue weighted by molar-refractivity contribution is 5.07. The van der Waals surface area contributed by atoms with Crippen molar-refractivity contribution in [3.63, 3.8) is 0 Å². The molecule has 18 heavy (non-hydrogen) atoms. The van der Waals surface area contributed by atoms with Gasteiger partial charge in [0.2, 0.25) is 5.89 Å². The van der Waals surface area contributed by atoms with Gasteiger partial charge < -0.3 is 10.3 Å². The Balaban J connectivity index is 1.74. The third kappa shape index (κ3) is 1.96. The normalized spacial score (nSPS) is 33.8. The average molecular weight is 249 g/mol. The van der Waals surface area contributed by atoms with Crippen molar-refractivity contribution >= 4 is 0 Å². The van der Waals surface area contributed by atoms with Gasteiger partial charge in [0.15, 0.2) is 5.82 Å². The topological polar surface area (TPSA) is 64.9 Å². The lowest BCUT2D eigenvalue weighted by atomic mass is 9.88. The molecule has 2 fully saturated rings. The molecule has 0 saturated heterocycles. The van der Waals surface area contributed by atoms with Gasteiger partial charge in [-0.15, -0.1) is 0 Å². The third-order valence-corrected chi connectivity index (χ3v) is 5.07. The summed E-state index contributed by atoms with van der Waals surface area (Å²) in [5.41, 5.74) is 6.14. The van der Waals surface area contributed by atoms with E-state index >= 15 is 0 Å². The zero-order valence-corrected chi connectivity index (χ0v) is 11.3. The fraction of sp³-hybridized carbons (Fsp3) is 0.857. The van der Waals surface area contributed by atoms with E-state index < -0.39 is 0 Å². The maximum absolute atomic E-state index is 6.14. The van der Waals surface area contributed by atoms with E-state index in [1.165, 1.54) is 25.7 Å². The van der Waals surface area contributed by atoms with Gasteiger partial charge in [-0.2, -0.15) is 4.98 Å². The van der Waals surface area contributed by atoms with Crippen molar-refractivity contribution in [2.75, 3.05) is 0 Å². The van der Waals surface area contributed by atoms with Gasteiger partial charge in [-0.05, 0) is 37.0 Å². The summed E-state index contributed by atoms with van der Waals surface area (Å²) in [7, 11) is 0. The number of hydrogen-bond donors (Lipinski definition) is 1. The Morgan fingerprint density at radius 1 is 1.39 bits per heavy atom. The Morgan fingerprint density at radius 3 is 2.83 bits per heavy atom. The molecule has 1 heterocycles. The standard InChI is InChI=1S/C14H23N3O/c1-3-8(2)12(15)14-16-13(17-18-14)11-7-9-4-5-10(11)6-9/h8-12H,3-7,15H2,1-2H3/t8-,9?,10?,11?,12-/m0/s1. The molecule has 2 N–H and O–H groups in total. The van der Waals surface area contributed by atoms with Gasteiger partial charge in [-0.1, -0.05) is 31.8 Å². The second-order valence-corrected chi connectivity index (χ2v) is 6.18. The lowest BCUT2D eigenvalue weighted by Gasteiger charge is -2.17. The van der Waals surface area contributed by atoms with E-state index in [0.717, 1.165) is 24.1 Å². The molecule has 0 aromatic carbocycles. The number of hydrogen-bond acceptors (Lipinski definition) is 4. The van der Waals surface area contributed by atoms with Gasteiger partial charge in [0.25, 0.3) is 0 Å². The lowest BCUT2D eigenvalue weighted by molar-refractivity contribution is 0.306. The molecule has 2 bridgehead atoms. The van der Waals surface area contributed by atoms with Gasteiger partial charge in [0.1, 0.15) is 0 Å². The van der Waals surface area contributed by atoms with E-state index in [9.17, 15) is 0 Å². The minimum absolute atomic E-state index is 0.116. The lowest BCUT2D eigenvalue weighted by Crippen LogP contribution is -2.19. The van der Waals surface area contributed by atoms with E-state index in [4.69, 9.17) is 10.3 Å². The first-order valence-electron chi connectivity index (χ1n) is 7.28. The Morgan fingerprint density at radius 2 is 2.22 bits per heavy atom. The Hall–Kier alpha value is -0.900. The van der Waals surface area contributed by atoms with Crippen LogP contribution in [0.15, 0.2) is 4.52 Å². The van der Waals surface area contributed by atoms with Crippen molar-refractivity contribution in [1.29, 1.82) is 0 Å². The van der Waals surface area contributed by atoms with E-state index in [1.54, 1.807) is 0 Å². The number of nitrogens with zero attached hydrogens (tertiary/aromatic N) is 2. The van der Waals surface area contributed by atoms with Crippen LogP contribution in [-0.4, -0.2) is 10.1 Å². The molecule has 0 amide bonds. The van der Waals surface area contributed by atoms with Gasteiger partial charge in [-0.25, -0.2) is 0 Å². The maximum Gasteiger partial charge on any atom is 0.243 e. The predicted octanol–water partition coefficient (Wildman–Crippen LogP) is 3.02. The van der Waals surface area contributed by atoms with E-state index in [2.05, 4.69) is 24.0 Å². The van der Waals surface area contributed by atoms with Gasteiger partial charge in [-0.3, -0.25) is 0 Å². The SMILES string of the molecule is CC[C@H](C)[C@H](N)c1nc(C2CC3CCC2C3)no1. The zero-order valence-electron chi connectivity index (χ0n) is 11.3. The quantitative estimate of drug-likeness (QED) is 0.890. The molecule has 3 unspecified atom stereocenters. The predicted molar refractivity (Wildman–Crippen MR) is 68.9 cm³/mol. The van der Waals surface area contributed by atoms with E-state index in [1.807, 2.05) is 0 Å². The van der Waals surface area contributed by atoms with Crippen LogP contribution in [0.5, 0.6) is 0 Å². The minimum atomic E-state index is -0.116. The van der Waals surface area contributed by atoms with Crippen LogP contribution >= 0.6 is 0 Å². The van der Waals surface area contributed by atoms with Crippen LogP contribution in [0.3, 0.4) is 0 Å². The molecule has 1 aromatic rings. The van der Waals surface area contributed by atoms with E-state index in [0.29, 0.717) is 17.7 Å². The van der Waals surface area contributed by atoms with Crippen molar-refractivity contribution < 1.29 is 4.52 Å². The first kappa shape index (κ1) is 12.2. The molecular formula is C14H23N3O. The summed E-state index contributed by atoms with van der Waals surface area (Å²) in [6.07, 6.45) is 6.40. The molecule has 0 radical (unpaired) electrons. The second kappa shape index (κ2) is 4.65. The first-order chi connectivity index (χ1) is 8.69. The summed E-state index contributed by atoms with van der Waals surface area (Å²) in [6.45, 7) is 4.27. The van der Waals surface area contributed by atoms with Gasteiger partial charge in [0, 0.05) is 5.92 Å². The summed E-state index contributed by atoms with van der Waals surface area (Å²) >= 11 is 0. The molecule has 5 atom stereocenters. The summed E-state index contributed by atoms with van der Waals surface area (Å²) in [5.74, 6) is 4.16. The maximum atomic E-state index is 6.14. The Labute approximate surface area is 108 Å². The number of aromatic nitrogens is 2. The van der Waals surface area contributed by atoms with Crippen molar-refractivity contribution in [2.45, 2.75) is 57.9 Å². The summed E-state index contributed by atoms with van der Waals surface area (Å²) in [6, 6.07) is -0.116. The second-order valence-electron chi connectivity index (χ2n) is 6.18. The smallest absolute Gasteiger partial charge is 0.243 e. The molecule has 4 heteroatoms. The van der Waals surface area contributed by atoms with Crippen LogP contribution in [0, 0.1) is 17.8 Å². The van der Waals surface area contributed by atoms with Crippen LogP contribution in [-0.2, 0) is 0 Å². The zero-order chi connectivity index (χ0) is 12.7. The number of rotatable bonds is 4. The fourth-order valence-corrected chi connectivity index (χ4v) is 3.59. The van der Waals surface area contributed by atoms with E-state index in [-0.39, 0.29) is 6.04 Å². The van der Waals surface area contributed by atoms with Crippen LogP contribution in [0.4, 0.5) is 0 Å². The average Bonchev–Trinajstić information content (AvgIpc) is 3.10. The van der Waals surface area contributed by atoms with Crippen LogP contribution in [0.2, 0.25) is 0 Å². The summed E-state index contributed by atoms with van der Waals surface area (Å²) < 4.78 is 5.38. The van der Waals surface area contributed by atoms with Crippen molar-refractivity contribution in [3.8, 4) is 0 Å². The molecule has 2 aliphatic carbocycles. The molecule has 100 valence electrons. The highest BCUT2D eigenvalue weighted by atomic mass is 16.5. The highest BCUT2D eigenvalue weighted by Gasteiger charge is 2.42. The van der Waals surface area contributed by atoms with Gasteiger partial charge in [0.05, 0.1) is 6.04 Å². The van der Waals surface area contributed by atoms with Gasteiger partial charge >= 0.3 is 0 Å². The minimum Gasteiger partial charge on any atom is -0.338 e. The molecule has 2 aliphatic rings. The molecule has 2 saturated carbocycles. The van der Waals surface area contributed by atoms with Crippen molar-refractivity contribution in [2.24, 2.45) is 23.5 Å². The highest BCUT2D eigenvalue weighted by Crippen LogP contribution is 2.52. The van der Waals surface area contributed by atoms with Crippen molar-refractivity contribution in [1.82, 2.24) is 10.1 Å². The molecule has 0 spiro atoms. The first-order valence-corrected chi connectivity index (χ1v) is 7.28. The molecule has 0 aliphatic heterocycles. The fourth-order valence-electron chi connectivity index (χ4n) is 3.59. The monoisotopic (exact) mass is 249 g/mol. The third-order valence-electron chi connectivity index (χ3n) is 5.07. The summed E-state index contributed by atoms with van der Waals surface area (Å²) in [5, 5.41) is 4.19. The molecule has 4 nitrogen and oxygen atoms in total. The molecule has 1 aromatic heterocycles. The number of nitrogens with two attached hydrogens (primary N) is 1. The van der Waals surface area contributed by atoms with Crippen LogP contribution in [0.25, 0.3) is 0 Å². The largest absolute Gasteiger partial charge is 0.338 e. The summed E-state index contributed by atoms with van der Waals surface area (Å²) in [4.78, 5) is 4.58. The van der Waals surface area contributed by atoms with Crippen LogP contribution < -0.4 is 5.73 Å². The number of fused-ring (bicyclic) bond motifs is 2. The molecule has 3 rings (SSSR count).